The first-order valence-electron chi connectivity index (χ1n) is 8.93. The van der Waals surface area contributed by atoms with Gasteiger partial charge in [-0.1, -0.05) is 19.9 Å². The van der Waals surface area contributed by atoms with Crippen LogP contribution in [0.3, 0.4) is 0 Å². The number of piperidine rings is 1. The Bertz CT molecular complexity index is 934. The van der Waals surface area contributed by atoms with Crippen LogP contribution in [0.15, 0.2) is 18.5 Å². The number of hydrogen-bond donors (Lipinski definition) is 1. The van der Waals surface area contributed by atoms with Crippen molar-refractivity contribution < 1.29 is 5.11 Å². The molecule has 1 atom stereocenters. The standard InChI is InChI=1S/C19H25N5O/c1-12-9-14(13(2)25)16-15(10-12)17-22-20-11-24(17)18(21-16)23-7-5-19(3,4)6-8-23/h9-11,13,25H,5-8H2,1-4H3. The molecule has 3 heterocycles. The van der Waals surface area contributed by atoms with E-state index in [0.29, 0.717) is 5.41 Å². The predicted octanol–water partition coefficient (Wildman–Crippen LogP) is 3.27. The molecule has 1 fully saturated rings. The van der Waals surface area contributed by atoms with Crippen LogP contribution in [0.2, 0.25) is 0 Å². The summed E-state index contributed by atoms with van der Waals surface area (Å²) in [5.74, 6) is 0.869. The lowest BCUT2D eigenvalue weighted by Crippen LogP contribution is -2.38. The fourth-order valence-electron chi connectivity index (χ4n) is 3.67. The first-order chi connectivity index (χ1) is 11.9. The Morgan fingerprint density at radius 1 is 1.20 bits per heavy atom. The normalized spacial score (nSPS) is 18.8. The van der Waals surface area contributed by atoms with Crippen LogP contribution in [0.4, 0.5) is 5.95 Å². The van der Waals surface area contributed by atoms with Gasteiger partial charge in [-0.25, -0.2) is 4.98 Å². The van der Waals surface area contributed by atoms with Crippen molar-refractivity contribution in [2.75, 3.05) is 18.0 Å². The number of aryl methyl sites for hydroxylation is 1. The van der Waals surface area contributed by atoms with Crippen LogP contribution in [-0.4, -0.2) is 37.8 Å². The molecule has 2 aromatic heterocycles. The molecule has 25 heavy (non-hydrogen) atoms. The maximum atomic E-state index is 10.2. The maximum Gasteiger partial charge on any atom is 0.213 e. The van der Waals surface area contributed by atoms with E-state index in [1.54, 1.807) is 13.3 Å². The highest BCUT2D eigenvalue weighted by molar-refractivity contribution is 5.95. The lowest BCUT2D eigenvalue weighted by atomic mass is 9.83. The number of aliphatic hydroxyl groups excluding tert-OH is 1. The van der Waals surface area contributed by atoms with Crippen molar-refractivity contribution in [1.82, 2.24) is 19.6 Å². The summed E-state index contributed by atoms with van der Waals surface area (Å²) in [7, 11) is 0. The van der Waals surface area contributed by atoms with Crippen LogP contribution < -0.4 is 4.90 Å². The van der Waals surface area contributed by atoms with E-state index < -0.39 is 6.10 Å². The molecule has 0 aliphatic carbocycles. The highest BCUT2D eigenvalue weighted by Crippen LogP contribution is 2.34. The van der Waals surface area contributed by atoms with Gasteiger partial charge in [-0.3, -0.25) is 4.40 Å². The summed E-state index contributed by atoms with van der Waals surface area (Å²) in [6, 6.07) is 4.08. The zero-order valence-electron chi connectivity index (χ0n) is 15.3. The van der Waals surface area contributed by atoms with Gasteiger partial charge in [0.25, 0.3) is 0 Å². The van der Waals surface area contributed by atoms with Crippen molar-refractivity contribution in [1.29, 1.82) is 0 Å². The molecular weight excluding hydrogens is 314 g/mol. The highest BCUT2D eigenvalue weighted by Gasteiger charge is 2.28. The highest BCUT2D eigenvalue weighted by atomic mass is 16.3. The van der Waals surface area contributed by atoms with E-state index in [0.717, 1.165) is 59.6 Å². The second-order valence-corrected chi connectivity index (χ2v) is 8.01. The molecule has 1 N–H and O–H groups in total. The Morgan fingerprint density at radius 3 is 2.60 bits per heavy atom. The largest absolute Gasteiger partial charge is 0.389 e. The molecule has 132 valence electrons. The van der Waals surface area contributed by atoms with Crippen molar-refractivity contribution in [3.05, 3.63) is 29.6 Å². The molecule has 0 spiro atoms. The number of hydrogen-bond acceptors (Lipinski definition) is 5. The second kappa shape index (κ2) is 5.66. The average molecular weight is 339 g/mol. The average Bonchev–Trinajstić information content (AvgIpc) is 3.03. The van der Waals surface area contributed by atoms with Crippen molar-refractivity contribution in [3.63, 3.8) is 0 Å². The van der Waals surface area contributed by atoms with Gasteiger partial charge in [-0.2, -0.15) is 0 Å². The number of fused-ring (bicyclic) bond motifs is 3. The van der Waals surface area contributed by atoms with Gasteiger partial charge in [-0.15, -0.1) is 10.2 Å². The van der Waals surface area contributed by atoms with Crippen LogP contribution >= 0.6 is 0 Å². The van der Waals surface area contributed by atoms with Crippen molar-refractivity contribution in [2.45, 2.75) is 46.6 Å². The van der Waals surface area contributed by atoms with Gasteiger partial charge >= 0.3 is 0 Å². The molecular formula is C19H25N5O. The van der Waals surface area contributed by atoms with E-state index in [1.807, 2.05) is 17.4 Å². The Kier molecular flexibility index (Phi) is 3.68. The molecule has 0 radical (unpaired) electrons. The summed E-state index contributed by atoms with van der Waals surface area (Å²) >= 11 is 0. The molecule has 6 nitrogen and oxygen atoms in total. The molecule has 0 saturated carbocycles. The van der Waals surface area contributed by atoms with E-state index in [-0.39, 0.29) is 0 Å². The number of nitrogens with zero attached hydrogens (tertiary/aromatic N) is 5. The molecule has 4 rings (SSSR count). The molecule has 1 saturated heterocycles. The van der Waals surface area contributed by atoms with Crippen molar-refractivity contribution in [2.24, 2.45) is 5.41 Å². The quantitative estimate of drug-likeness (QED) is 0.776. The molecule has 3 aromatic rings. The first-order valence-corrected chi connectivity index (χ1v) is 8.93. The molecule has 1 aliphatic rings. The fourth-order valence-corrected chi connectivity index (χ4v) is 3.67. The third-order valence-corrected chi connectivity index (χ3v) is 5.35. The number of anilines is 1. The Hall–Kier alpha value is -2.21. The van der Waals surface area contributed by atoms with Gasteiger partial charge < -0.3 is 10.0 Å². The Labute approximate surface area is 147 Å². The molecule has 1 unspecified atom stereocenters. The zero-order valence-corrected chi connectivity index (χ0v) is 15.3. The Morgan fingerprint density at radius 2 is 1.92 bits per heavy atom. The second-order valence-electron chi connectivity index (χ2n) is 8.01. The molecule has 6 heteroatoms. The summed E-state index contributed by atoms with van der Waals surface area (Å²) in [6.45, 7) is 10.4. The zero-order chi connectivity index (χ0) is 17.8. The minimum Gasteiger partial charge on any atom is -0.389 e. The third kappa shape index (κ3) is 2.74. The number of aromatic nitrogens is 4. The smallest absolute Gasteiger partial charge is 0.213 e. The molecule has 1 aromatic carbocycles. The van der Waals surface area contributed by atoms with Crippen LogP contribution in [0, 0.1) is 12.3 Å². The summed E-state index contributed by atoms with van der Waals surface area (Å²) in [6.07, 6.45) is 3.43. The lowest BCUT2D eigenvalue weighted by molar-refractivity contribution is 0.200. The SMILES string of the molecule is Cc1cc(C(C)O)c2nc(N3CCC(C)(C)CC3)n3cnnc3c2c1. The van der Waals surface area contributed by atoms with E-state index in [2.05, 4.69) is 35.0 Å². The van der Waals surface area contributed by atoms with Gasteiger partial charge in [0.05, 0.1) is 11.6 Å². The van der Waals surface area contributed by atoms with E-state index in [9.17, 15) is 5.11 Å². The van der Waals surface area contributed by atoms with Gasteiger partial charge in [0.2, 0.25) is 5.95 Å². The monoisotopic (exact) mass is 339 g/mol. The summed E-state index contributed by atoms with van der Waals surface area (Å²) in [5.41, 5.74) is 3.93. The topological polar surface area (TPSA) is 66.6 Å². The van der Waals surface area contributed by atoms with Crippen LogP contribution in [0.5, 0.6) is 0 Å². The lowest BCUT2D eigenvalue weighted by Gasteiger charge is -2.37. The minimum absolute atomic E-state index is 0.377. The fraction of sp³-hybridized carbons (Fsp3) is 0.526. The first kappa shape index (κ1) is 16.3. The minimum atomic E-state index is -0.576. The van der Waals surface area contributed by atoms with Gasteiger partial charge in [-0.05, 0) is 43.7 Å². The van der Waals surface area contributed by atoms with E-state index in [4.69, 9.17) is 4.98 Å². The summed E-state index contributed by atoms with van der Waals surface area (Å²) in [4.78, 5) is 7.27. The predicted molar refractivity (Wildman–Crippen MR) is 98.9 cm³/mol. The molecule has 1 aliphatic heterocycles. The van der Waals surface area contributed by atoms with E-state index in [1.165, 1.54) is 0 Å². The maximum absolute atomic E-state index is 10.2. The summed E-state index contributed by atoms with van der Waals surface area (Å²) in [5, 5.41) is 19.6. The molecule has 0 bridgehead atoms. The van der Waals surface area contributed by atoms with Crippen LogP contribution in [-0.2, 0) is 0 Å². The summed E-state index contributed by atoms with van der Waals surface area (Å²) < 4.78 is 1.98. The van der Waals surface area contributed by atoms with Gasteiger partial charge in [0, 0.05) is 24.0 Å². The number of rotatable bonds is 2. The van der Waals surface area contributed by atoms with Crippen molar-refractivity contribution in [3.8, 4) is 0 Å². The molecule has 0 amide bonds. The van der Waals surface area contributed by atoms with Crippen LogP contribution in [0.1, 0.15) is 50.8 Å². The van der Waals surface area contributed by atoms with Crippen molar-refractivity contribution >= 4 is 22.5 Å². The van der Waals surface area contributed by atoms with Gasteiger partial charge in [0.15, 0.2) is 5.65 Å². The third-order valence-electron chi connectivity index (χ3n) is 5.35. The van der Waals surface area contributed by atoms with Crippen LogP contribution in [0.25, 0.3) is 16.6 Å². The number of benzene rings is 1. The Balaban J connectivity index is 1.94. The van der Waals surface area contributed by atoms with Gasteiger partial charge in [0.1, 0.15) is 6.33 Å². The van der Waals surface area contributed by atoms with E-state index >= 15 is 0 Å². The number of aliphatic hydroxyl groups is 1.